The van der Waals surface area contributed by atoms with Gasteiger partial charge in [0.15, 0.2) is 0 Å². The zero-order chi connectivity index (χ0) is 11.0. The fourth-order valence-corrected chi connectivity index (χ4v) is 1.04. The van der Waals surface area contributed by atoms with Crippen molar-refractivity contribution < 1.29 is 9.59 Å². The largest absolute Gasteiger partial charge is 0.344 e. The van der Waals surface area contributed by atoms with Crippen LogP contribution in [0.2, 0.25) is 0 Å². The Balaban J connectivity index is 4.01. The van der Waals surface area contributed by atoms with E-state index < -0.39 is 6.04 Å². The van der Waals surface area contributed by atoms with Gasteiger partial charge in [-0.3, -0.25) is 9.59 Å². The van der Waals surface area contributed by atoms with Gasteiger partial charge in [0.05, 0.1) is 6.54 Å². The molecule has 0 bridgehead atoms. The standard InChI is InChI=1S/C9H14N2O2S/c1-3-4-5-10-9(13)8(6-14)11-7(2)12/h8,14H,5-6H2,1-2H3,(H,10,13)(H,11,12). The fraction of sp³-hybridized carbons (Fsp3) is 0.556. The van der Waals surface area contributed by atoms with E-state index in [9.17, 15) is 9.59 Å². The number of rotatable bonds is 4. The summed E-state index contributed by atoms with van der Waals surface area (Å²) in [6.07, 6.45) is 0. The van der Waals surface area contributed by atoms with Crippen LogP contribution >= 0.6 is 12.6 Å². The van der Waals surface area contributed by atoms with Crippen molar-refractivity contribution in [3.63, 3.8) is 0 Å². The van der Waals surface area contributed by atoms with Gasteiger partial charge in [0.25, 0.3) is 0 Å². The minimum atomic E-state index is -0.588. The lowest BCUT2D eigenvalue weighted by atomic mass is 10.3. The molecule has 0 saturated carbocycles. The fourth-order valence-electron chi connectivity index (χ4n) is 0.782. The summed E-state index contributed by atoms with van der Waals surface area (Å²) in [7, 11) is 0. The highest BCUT2D eigenvalue weighted by atomic mass is 32.1. The minimum Gasteiger partial charge on any atom is -0.344 e. The molecular weight excluding hydrogens is 200 g/mol. The molecule has 1 atom stereocenters. The van der Waals surface area contributed by atoms with Crippen LogP contribution in [0, 0.1) is 11.8 Å². The Labute approximate surface area is 89.2 Å². The molecule has 14 heavy (non-hydrogen) atoms. The zero-order valence-corrected chi connectivity index (χ0v) is 9.15. The Bertz CT molecular complexity index is 268. The number of hydrogen-bond acceptors (Lipinski definition) is 3. The van der Waals surface area contributed by atoms with Gasteiger partial charge in [0.1, 0.15) is 6.04 Å². The maximum absolute atomic E-state index is 11.3. The van der Waals surface area contributed by atoms with Crippen LogP contribution in [0.15, 0.2) is 0 Å². The first-order valence-corrected chi connectivity index (χ1v) is 4.80. The molecule has 0 spiro atoms. The second kappa shape index (κ2) is 7.27. The Morgan fingerprint density at radius 2 is 2.14 bits per heavy atom. The second-order valence-electron chi connectivity index (χ2n) is 2.58. The summed E-state index contributed by atoms with van der Waals surface area (Å²) in [6.45, 7) is 3.34. The van der Waals surface area contributed by atoms with Crippen molar-refractivity contribution in [1.82, 2.24) is 10.6 Å². The third-order valence-electron chi connectivity index (χ3n) is 1.40. The second-order valence-corrected chi connectivity index (χ2v) is 2.95. The predicted octanol–water partition coefficient (Wildman–Crippen LogP) is -0.440. The van der Waals surface area contributed by atoms with Crippen LogP contribution in [-0.4, -0.2) is 30.2 Å². The first kappa shape index (κ1) is 12.8. The van der Waals surface area contributed by atoms with Crippen LogP contribution in [0.3, 0.4) is 0 Å². The molecule has 78 valence electrons. The average molecular weight is 214 g/mol. The van der Waals surface area contributed by atoms with E-state index in [2.05, 4.69) is 35.1 Å². The molecule has 0 aromatic heterocycles. The van der Waals surface area contributed by atoms with Gasteiger partial charge in [-0.1, -0.05) is 5.92 Å². The first-order valence-electron chi connectivity index (χ1n) is 4.17. The van der Waals surface area contributed by atoms with E-state index in [1.54, 1.807) is 6.92 Å². The summed E-state index contributed by atoms with van der Waals surface area (Å²) >= 11 is 3.96. The van der Waals surface area contributed by atoms with E-state index in [1.165, 1.54) is 6.92 Å². The SMILES string of the molecule is CC#CCNC(=O)C(CS)NC(C)=O. The Hall–Kier alpha value is -1.15. The van der Waals surface area contributed by atoms with Crippen molar-refractivity contribution in [3.8, 4) is 11.8 Å². The number of carbonyl (C=O) groups excluding carboxylic acids is 2. The lowest BCUT2D eigenvalue weighted by molar-refractivity contribution is -0.127. The molecule has 0 rings (SSSR count). The molecule has 5 heteroatoms. The van der Waals surface area contributed by atoms with E-state index in [-0.39, 0.29) is 17.6 Å². The maximum Gasteiger partial charge on any atom is 0.244 e. The molecule has 1 unspecified atom stereocenters. The summed E-state index contributed by atoms with van der Waals surface area (Å²) in [5, 5.41) is 5.04. The van der Waals surface area contributed by atoms with Crippen molar-refractivity contribution in [2.24, 2.45) is 0 Å². The summed E-state index contributed by atoms with van der Waals surface area (Å²) in [4.78, 5) is 22.0. The maximum atomic E-state index is 11.3. The first-order chi connectivity index (χ1) is 6.61. The lowest BCUT2D eigenvalue weighted by Gasteiger charge is -2.13. The molecule has 2 N–H and O–H groups in total. The van der Waals surface area contributed by atoms with Crippen LogP contribution < -0.4 is 10.6 Å². The van der Waals surface area contributed by atoms with Crippen LogP contribution in [0.25, 0.3) is 0 Å². The monoisotopic (exact) mass is 214 g/mol. The molecule has 0 aromatic carbocycles. The molecule has 0 heterocycles. The van der Waals surface area contributed by atoms with E-state index in [0.29, 0.717) is 6.54 Å². The highest BCUT2D eigenvalue weighted by Gasteiger charge is 2.16. The molecule has 0 radical (unpaired) electrons. The van der Waals surface area contributed by atoms with Gasteiger partial charge in [-0.25, -0.2) is 0 Å². The molecule has 0 aliphatic carbocycles. The summed E-state index contributed by atoms with van der Waals surface area (Å²) in [5.74, 6) is 5.10. The van der Waals surface area contributed by atoms with Gasteiger partial charge < -0.3 is 10.6 Å². The van der Waals surface area contributed by atoms with Gasteiger partial charge in [-0.05, 0) is 6.92 Å². The molecule has 0 saturated heterocycles. The number of carbonyl (C=O) groups is 2. The van der Waals surface area contributed by atoms with Crippen molar-refractivity contribution in [2.75, 3.05) is 12.3 Å². The number of hydrogen-bond donors (Lipinski definition) is 3. The van der Waals surface area contributed by atoms with Crippen molar-refractivity contribution in [2.45, 2.75) is 19.9 Å². The average Bonchev–Trinajstić information content (AvgIpc) is 2.14. The van der Waals surface area contributed by atoms with Gasteiger partial charge in [0, 0.05) is 12.7 Å². The zero-order valence-electron chi connectivity index (χ0n) is 8.26. The van der Waals surface area contributed by atoms with E-state index in [4.69, 9.17) is 0 Å². The summed E-state index contributed by atoms with van der Waals surface area (Å²) in [5.41, 5.74) is 0. The number of nitrogens with one attached hydrogen (secondary N) is 2. The Kier molecular flexibility index (Phi) is 6.68. The van der Waals surface area contributed by atoms with Crippen LogP contribution in [-0.2, 0) is 9.59 Å². The van der Waals surface area contributed by atoms with Crippen LogP contribution in [0.4, 0.5) is 0 Å². The quantitative estimate of drug-likeness (QED) is 0.439. The Morgan fingerprint density at radius 3 is 2.57 bits per heavy atom. The molecular formula is C9H14N2O2S. The van der Waals surface area contributed by atoms with Gasteiger partial charge in [-0.2, -0.15) is 12.6 Å². The minimum absolute atomic E-state index is 0.249. The highest BCUT2D eigenvalue weighted by Crippen LogP contribution is 1.88. The lowest BCUT2D eigenvalue weighted by Crippen LogP contribution is -2.47. The van der Waals surface area contributed by atoms with Gasteiger partial charge >= 0.3 is 0 Å². The van der Waals surface area contributed by atoms with Crippen LogP contribution in [0.1, 0.15) is 13.8 Å². The smallest absolute Gasteiger partial charge is 0.244 e. The van der Waals surface area contributed by atoms with E-state index in [1.807, 2.05) is 0 Å². The molecule has 2 amide bonds. The topological polar surface area (TPSA) is 58.2 Å². The van der Waals surface area contributed by atoms with Gasteiger partial charge in [0.2, 0.25) is 11.8 Å². The van der Waals surface area contributed by atoms with E-state index >= 15 is 0 Å². The number of thiol groups is 1. The molecule has 4 nitrogen and oxygen atoms in total. The molecule has 0 aliphatic rings. The number of amides is 2. The van der Waals surface area contributed by atoms with Crippen molar-refractivity contribution in [1.29, 1.82) is 0 Å². The Morgan fingerprint density at radius 1 is 1.50 bits per heavy atom. The van der Waals surface area contributed by atoms with Gasteiger partial charge in [-0.15, -0.1) is 5.92 Å². The van der Waals surface area contributed by atoms with Crippen molar-refractivity contribution in [3.05, 3.63) is 0 Å². The van der Waals surface area contributed by atoms with Crippen molar-refractivity contribution >= 4 is 24.4 Å². The molecule has 0 fully saturated rings. The summed E-state index contributed by atoms with van der Waals surface area (Å²) in [6, 6.07) is -0.588. The normalized spacial score (nSPS) is 10.8. The van der Waals surface area contributed by atoms with Crippen LogP contribution in [0.5, 0.6) is 0 Å². The third kappa shape index (κ3) is 5.49. The highest BCUT2D eigenvalue weighted by molar-refractivity contribution is 7.80. The molecule has 0 aromatic rings. The summed E-state index contributed by atoms with van der Waals surface area (Å²) < 4.78 is 0. The van der Waals surface area contributed by atoms with E-state index in [0.717, 1.165) is 0 Å². The third-order valence-corrected chi connectivity index (χ3v) is 1.77. The predicted molar refractivity (Wildman–Crippen MR) is 57.9 cm³/mol. The molecule has 0 aliphatic heterocycles.